The van der Waals surface area contributed by atoms with Crippen LogP contribution in [0.1, 0.15) is 30.1 Å². The van der Waals surface area contributed by atoms with Gasteiger partial charge in [0, 0.05) is 25.9 Å². The Balaban J connectivity index is 1.72. The first-order chi connectivity index (χ1) is 16.0. The number of ether oxygens (including phenoxy) is 2. The number of benzene rings is 2. The highest BCUT2D eigenvalue weighted by molar-refractivity contribution is 6.22. The summed E-state index contributed by atoms with van der Waals surface area (Å²) >= 11 is 0. The molecule has 0 spiro atoms. The Morgan fingerprint density at radius 2 is 1.73 bits per heavy atom. The van der Waals surface area contributed by atoms with E-state index >= 15 is 0 Å². The summed E-state index contributed by atoms with van der Waals surface area (Å²) < 4.78 is 10.0. The number of esters is 1. The summed E-state index contributed by atoms with van der Waals surface area (Å²) in [6.07, 6.45) is 0.339. The van der Waals surface area contributed by atoms with Gasteiger partial charge in [-0.15, -0.1) is 0 Å². The molecular formula is C24H27N3O6. The van der Waals surface area contributed by atoms with Crippen molar-refractivity contribution in [3.63, 3.8) is 0 Å². The molecule has 9 heteroatoms. The summed E-state index contributed by atoms with van der Waals surface area (Å²) in [7, 11) is 1.56. The SMILES string of the molecule is CCOC(=O)c1ccc(NC(=O)C[C@H]2C(=O)N(c3ccccc3)C(=O)N2CCCOC)cc1. The maximum absolute atomic E-state index is 13.1. The summed E-state index contributed by atoms with van der Waals surface area (Å²) in [6, 6.07) is 13.5. The average Bonchev–Trinajstić information content (AvgIpc) is 3.04. The molecule has 3 rings (SSSR count). The van der Waals surface area contributed by atoms with Gasteiger partial charge in [-0.2, -0.15) is 0 Å². The van der Waals surface area contributed by atoms with Gasteiger partial charge in [0.25, 0.3) is 5.91 Å². The zero-order valence-corrected chi connectivity index (χ0v) is 18.7. The average molecular weight is 453 g/mol. The predicted octanol–water partition coefficient (Wildman–Crippen LogP) is 3.07. The molecule has 9 nitrogen and oxygen atoms in total. The highest BCUT2D eigenvalue weighted by atomic mass is 16.5. The van der Waals surface area contributed by atoms with Crippen LogP contribution in [-0.4, -0.2) is 61.6 Å². The van der Waals surface area contributed by atoms with Crippen LogP contribution in [0.2, 0.25) is 0 Å². The second-order valence-corrected chi connectivity index (χ2v) is 7.40. The number of methoxy groups -OCH3 is 1. The Morgan fingerprint density at radius 1 is 1.03 bits per heavy atom. The molecule has 2 aromatic carbocycles. The molecule has 1 fully saturated rings. The molecule has 174 valence electrons. The first-order valence-electron chi connectivity index (χ1n) is 10.7. The third-order valence-electron chi connectivity index (χ3n) is 5.14. The Labute approximate surface area is 192 Å². The van der Waals surface area contributed by atoms with Gasteiger partial charge in [-0.25, -0.2) is 14.5 Å². The van der Waals surface area contributed by atoms with Crippen LogP contribution in [0.15, 0.2) is 54.6 Å². The number of carbonyl (C=O) groups is 4. The molecule has 2 aromatic rings. The van der Waals surface area contributed by atoms with E-state index in [4.69, 9.17) is 9.47 Å². The summed E-state index contributed by atoms with van der Waals surface area (Å²) in [5.41, 5.74) is 1.30. The summed E-state index contributed by atoms with van der Waals surface area (Å²) in [4.78, 5) is 53.2. The lowest BCUT2D eigenvalue weighted by Crippen LogP contribution is -2.38. The fourth-order valence-corrected chi connectivity index (χ4v) is 3.57. The highest BCUT2D eigenvalue weighted by Crippen LogP contribution is 2.27. The quantitative estimate of drug-likeness (QED) is 0.337. The largest absolute Gasteiger partial charge is 0.462 e. The van der Waals surface area contributed by atoms with Crippen molar-refractivity contribution in [3.05, 3.63) is 60.2 Å². The van der Waals surface area contributed by atoms with Crippen molar-refractivity contribution >= 4 is 35.2 Å². The van der Waals surface area contributed by atoms with E-state index in [1.807, 2.05) is 0 Å². The number of hydrogen-bond donors (Lipinski definition) is 1. The molecule has 0 radical (unpaired) electrons. The number of imide groups is 1. The number of urea groups is 1. The zero-order valence-electron chi connectivity index (χ0n) is 18.7. The van der Waals surface area contributed by atoms with Gasteiger partial charge < -0.3 is 19.7 Å². The van der Waals surface area contributed by atoms with Crippen LogP contribution in [0.4, 0.5) is 16.2 Å². The fourth-order valence-electron chi connectivity index (χ4n) is 3.57. The Morgan fingerprint density at radius 3 is 2.36 bits per heavy atom. The van der Waals surface area contributed by atoms with Crippen molar-refractivity contribution < 1.29 is 28.7 Å². The minimum absolute atomic E-state index is 0.194. The van der Waals surface area contributed by atoms with Gasteiger partial charge >= 0.3 is 12.0 Å². The minimum Gasteiger partial charge on any atom is -0.462 e. The van der Waals surface area contributed by atoms with Crippen LogP contribution in [0.25, 0.3) is 0 Å². The van der Waals surface area contributed by atoms with Gasteiger partial charge in [0.2, 0.25) is 5.91 Å². The lowest BCUT2D eigenvalue weighted by atomic mass is 10.1. The fraction of sp³-hybridized carbons (Fsp3) is 0.333. The normalized spacial score (nSPS) is 15.6. The highest BCUT2D eigenvalue weighted by Gasteiger charge is 2.46. The van der Waals surface area contributed by atoms with Crippen molar-refractivity contribution in [3.8, 4) is 0 Å². The maximum Gasteiger partial charge on any atom is 0.338 e. The molecule has 0 bridgehead atoms. The number of rotatable bonds is 10. The Hall–Kier alpha value is -3.72. The van der Waals surface area contributed by atoms with Crippen LogP contribution in [-0.2, 0) is 19.1 Å². The monoisotopic (exact) mass is 453 g/mol. The van der Waals surface area contributed by atoms with E-state index in [2.05, 4.69) is 5.32 Å². The molecule has 0 aliphatic carbocycles. The molecule has 0 saturated carbocycles. The Bertz CT molecular complexity index is 993. The van der Waals surface area contributed by atoms with Gasteiger partial charge in [-0.05, 0) is 49.7 Å². The number of carbonyl (C=O) groups excluding carboxylic acids is 4. The molecule has 1 N–H and O–H groups in total. The second-order valence-electron chi connectivity index (χ2n) is 7.40. The smallest absolute Gasteiger partial charge is 0.338 e. The standard InChI is InChI=1S/C24H27N3O6/c1-3-33-23(30)17-10-12-18(13-11-17)25-21(28)16-20-22(29)27(19-8-5-4-6-9-19)24(31)26(20)14-7-15-32-2/h4-6,8-13,20H,3,7,14-16H2,1-2H3,(H,25,28)/t20-/m0/s1. The van der Waals surface area contributed by atoms with E-state index in [0.29, 0.717) is 30.0 Å². The van der Waals surface area contributed by atoms with Crippen LogP contribution in [0, 0.1) is 0 Å². The zero-order chi connectivity index (χ0) is 23.8. The maximum atomic E-state index is 13.1. The van der Waals surface area contributed by atoms with E-state index in [-0.39, 0.29) is 19.6 Å². The van der Waals surface area contributed by atoms with Crippen molar-refractivity contribution in [2.24, 2.45) is 0 Å². The molecule has 4 amide bonds. The summed E-state index contributed by atoms with van der Waals surface area (Å²) in [6.45, 7) is 2.70. The van der Waals surface area contributed by atoms with Crippen molar-refractivity contribution in [2.75, 3.05) is 37.1 Å². The number of hydrogen-bond acceptors (Lipinski definition) is 6. The van der Waals surface area contributed by atoms with Gasteiger partial charge in [-0.1, -0.05) is 18.2 Å². The molecule has 1 aliphatic heterocycles. The van der Waals surface area contributed by atoms with Crippen molar-refractivity contribution in [1.82, 2.24) is 4.90 Å². The molecule has 0 unspecified atom stereocenters. The number of nitrogens with zero attached hydrogens (tertiary/aromatic N) is 2. The first kappa shape index (κ1) is 23.9. The first-order valence-corrected chi connectivity index (χ1v) is 10.7. The van der Waals surface area contributed by atoms with Crippen LogP contribution >= 0.6 is 0 Å². The van der Waals surface area contributed by atoms with Gasteiger partial charge in [-0.3, -0.25) is 9.59 Å². The van der Waals surface area contributed by atoms with Crippen LogP contribution in [0.5, 0.6) is 0 Å². The molecular weight excluding hydrogens is 426 g/mol. The van der Waals surface area contributed by atoms with Crippen LogP contribution in [0.3, 0.4) is 0 Å². The number of nitrogens with one attached hydrogen (secondary N) is 1. The minimum atomic E-state index is -0.923. The topological polar surface area (TPSA) is 105 Å². The van der Waals surface area contributed by atoms with E-state index in [1.54, 1.807) is 68.6 Å². The van der Waals surface area contributed by atoms with Gasteiger partial charge in [0.1, 0.15) is 6.04 Å². The number of anilines is 2. The number of para-hydroxylation sites is 1. The molecule has 1 heterocycles. The molecule has 1 atom stereocenters. The van der Waals surface area contributed by atoms with E-state index in [9.17, 15) is 19.2 Å². The molecule has 33 heavy (non-hydrogen) atoms. The Kier molecular flexibility index (Phi) is 8.15. The second kappa shape index (κ2) is 11.2. The van der Waals surface area contributed by atoms with E-state index in [0.717, 1.165) is 4.90 Å². The predicted molar refractivity (Wildman–Crippen MR) is 122 cm³/mol. The molecule has 0 aromatic heterocycles. The molecule has 1 saturated heterocycles. The summed E-state index contributed by atoms with van der Waals surface area (Å²) in [5.74, 6) is -1.31. The number of amides is 4. The van der Waals surface area contributed by atoms with Gasteiger partial charge in [0.05, 0.1) is 24.3 Å². The van der Waals surface area contributed by atoms with E-state index < -0.39 is 29.9 Å². The third-order valence-corrected chi connectivity index (χ3v) is 5.14. The van der Waals surface area contributed by atoms with Crippen molar-refractivity contribution in [2.45, 2.75) is 25.8 Å². The summed E-state index contributed by atoms with van der Waals surface area (Å²) in [5, 5.41) is 2.72. The van der Waals surface area contributed by atoms with E-state index in [1.165, 1.54) is 4.90 Å². The van der Waals surface area contributed by atoms with Crippen molar-refractivity contribution in [1.29, 1.82) is 0 Å². The van der Waals surface area contributed by atoms with Gasteiger partial charge in [0.15, 0.2) is 0 Å². The third kappa shape index (κ3) is 5.75. The van der Waals surface area contributed by atoms with Crippen LogP contribution < -0.4 is 10.2 Å². The lowest BCUT2D eigenvalue weighted by molar-refractivity contribution is -0.124. The molecule has 1 aliphatic rings. The lowest BCUT2D eigenvalue weighted by Gasteiger charge is -2.21.